The lowest BCUT2D eigenvalue weighted by Crippen LogP contribution is -2.45. The minimum atomic E-state index is -1.93. The highest BCUT2D eigenvalue weighted by molar-refractivity contribution is 5.95. The summed E-state index contributed by atoms with van der Waals surface area (Å²) < 4.78 is 4.46. The Morgan fingerprint density at radius 3 is 2.58 bits per heavy atom. The maximum absolute atomic E-state index is 11.8. The largest absolute Gasteiger partial charge is 0.394 e. The van der Waals surface area contributed by atoms with Crippen LogP contribution in [0.5, 0.6) is 0 Å². The van der Waals surface area contributed by atoms with Gasteiger partial charge in [-0.05, 0) is 16.4 Å². The summed E-state index contributed by atoms with van der Waals surface area (Å²) in [5, 5.41) is 57.3. The number of nitro benzene ring substituents is 1. The molecule has 3 atom stereocenters. The van der Waals surface area contributed by atoms with Gasteiger partial charge in [0.1, 0.15) is 18.3 Å². The summed E-state index contributed by atoms with van der Waals surface area (Å²) in [6, 6.07) is 2.42. The van der Waals surface area contributed by atoms with Gasteiger partial charge < -0.3 is 25.7 Å². The summed E-state index contributed by atoms with van der Waals surface area (Å²) in [5.74, 6) is -0.877. The van der Waals surface area contributed by atoms with E-state index in [0.29, 0.717) is 0 Å². The van der Waals surface area contributed by atoms with E-state index in [1.165, 1.54) is 6.07 Å². The number of carbonyl (C=O) groups is 1. The number of Topliss-reactive ketones (excluding diaryl/α,β-unsaturated/α-hetero) is 1. The van der Waals surface area contributed by atoms with Gasteiger partial charge in [-0.15, -0.1) is 0 Å². The number of hydrogen-bond acceptors (Lipinski definition) is 11. The Kier molecular flexibility index (Phi) is 5.35. The van der Waals surface area contributed by atoms with Crippen molar-refractivity contribution in [2.24, 2.45) is 0 Å². The quantitative estimate of drug-likeness (QED) is 0.268. The van der Waals surface area contributed by atoms with E-state index in [-0.39, 0.29) is 22.4 Å². The van der Waals surface area contributed by atoms with E-state index < -0.39 is 42.2 Å². The summed E-state index contributed by atoms with van der Waals surface area (Å²) >= 11 is 0. The zero-order valence-corrected chi connectivity index (χ0v) is 12.1. The predicted molar refractivity (Wildman–Crippen MR) is 77.1 cm³/mol. The lowest BCUT2D eigenvalue weighted by atomic mass is 10.0. The monoisotopic (exact) mass is 342 g/mol. The Balaban J connectivity index is 2.11. The van der Waals surface area contributed by atoms with Crippen LogP contribution < -0.4 is 5.32 Å². The fourth-order valence-corrected chi connectivity index (χ4v) is 1.94. The fraction of sp³-hybridized carbons (Fsp3) is 0.417. The Morgan fingerprint density at radius 2 is 1.96 bits per heavy atom. The molecule has 1 aromatic carbocycles. The number of fused-ring (bicyclic) bond motifs is 1. The summed E-state index contributed by atoms with van der Waals surface area (Å²) in [4.78, 5) is 22.0. The number of rotatable bonds is 8. The molecule has 0 amide bonds. The van der Waals surface area contributed by atoms with Crippen molar-refractivity contribution >= 4 is 28.2 Å². The molecule has 1 heterocycles. The van der Waals surface area contributed by atoms with Crippen molar-refractivity contribution in [3.05, 3.63) is 22.2 Å². The number of carbonyl (C=O) groups excluding carboxylic acids is 1. The van der Waals surface area contributed by atoms with Crippen molar-refractivity contribution in [1.29, 1.82) is 0 Å². The zero-order valence-electron chi connectivity index (χ0n) is 12.1. The maximum atomic E-state index is 11.8. The molecule has 12 heteroatoms. The number of non-ortho nitro benzene ring substituents is 1. The highest BCUT2D eigenvalue weighted by Gasteiger charge is 2.29. The fourth-order valence-electron chi connectivity index (χ4n) is 1.94. The van der Waals surface area contributed by atoms with E-state index in [4.69, 9.17) is 5.11 Å². The van der Waals surface area contributed by atoms with Gasteiger partial charge in [-0.1, -0.05) is 0 Å². The van der Waals surface area contributed by atoms with Crippen molar-refractivity contribution in [3.63, 3.8) is 0 Å². The van der Waals surface area contributed by atoms with Crippen molar-refractivity contribution in [3.8, 4) is 0 Å². The first kappa shape index (κ1) is 17.7. The van der Waals surface area contributed by atoms with Crippen LogP contribution in [-0.2, 0) is 4.79 Å². The molecule has 0 spiro atoms. The van der Waals surface area contributed by atoms with E-state index in [0.717, 1.165) is 6.07 Å². The molecule has 0 fully saturated rings. The lowest BCUT2D eigenvalue weighted by molar-refractivity contribution is -0.383. The molecule has 0 bridgehead atoms. The standard InChI is InChI=1S/C12H14N4O8/c17-4-8(19)12(21)11(20)7(18)3-13-5-1-2-6(16(22)23)10-9(5)14-24-15-10/h1-2,8,11-13,17,19-21H,3-4H2/t8-,11-,12-/m1/s1. The van der Waals surface area contributed by atoms with Gasteiger partial charge in [0, 0.05) is 6.07 Å². The molecule has 5 N–H and O–H groups in total. The van der Waals surface area contributed by atoms with Crippen molar-refractivity contribution in [2.75, 3.05) is 18.5 Å². The number of aliphatic hydroxyl groups excluding tert-OH is 4. The molecule has 12 nitrogen and oxygen atoms in total. The molecule has 2 rings (SSSR count). The van der Waals surface area contributed by atoms with Crippen LogP contribution >= 0.6 is 0 Å². The van der Waals surface area contributed by atoms with Crippen molar-refractivity contribution in [2.45, 2.75) is 18.3 Å². The first-order chi connectivity index (χ1) is 11.4. The minimum Gasteiger partial charge on any atom is -0.394 e. The maximum Gasteiger partial charge on any atom is 0.300 e. The van der Waals surface area contributed by atoms with E-state index in [1.54, 1.807) is 0 Å². The number of aliphatic hydroxyl groups is 4. The third-order valence-corrected chi connectivity index (χ3v) is 3.28. The molecule has 0 aliphatic heterocycles. The summed E-state index contributed by atoms with van der Waals surface area (Å²) in [6.07, 6.45) is -5.45. The second kappa shape index (κ2) is 7.27. The molecule has 130 valence electrons. The van der Waals surface area contributed by atoms with Crippen LogP contribution in [0.25, 0.3) is 11.0 Å². The molecule has 0 aliphatic carbocycles. The summed E-state index contributed by atoms with van der Waals surface area (Å²) in [7, 11) is 0. The second-order valence-electron chi connectivity index (χ2n) is 4.86. The number of nitro groups is 1. The summed E-state index contributed by atoms with van der Waals surface area (Å²) in [6.45, 7) is -1.30. The number of benzene rings is 1. The van der Waals surface area contributed by atoms with Crippen LogP contribution in [0.15, 0.2) is 16.8 Å². The molecule has 1 aromatic heterocycles. The molecule has 0 saturated heterocycles. The van der Waals surface area contributed by atoms with Gasteiger partial charge in [-0.25, -0.2) is 4.63 Å². The summed E-state index contributed by atoms with van der Waals surface area (Å²) in [5.41, 5.74) is -0.240. The van der Waals surface area contributed by atoms with Crippen LogP contribution in [0.2, 0.25) is 0 Å². The van der Waals surface area contributed by atoms with Gasteiger partial charge in [0.2, 0.25) is 5.52 Å². The van der Waals surface area contributed by atoms with E-state index in [1.807, 2.05) is 0 Å². The third-order valence-electron chi connectivity index (χ3n) is 3.28. The van der Waals surface area contributed by atoms with Gasteiger partial charge in [-0.2, -0.15) is 0 Å². The number of nitrogens with one attached hydrogen (secondary N) is 1. The Labute approximate surface area is 133 Å². The molecule has 0 radical (unpaired) electrons. The number of ketones is 1. The van der Waals surface area contributed by atoms with Gasteiger partial charge in [0.05, 0.1) is 23.8 Å². The molecule has 0 unspecified atom stereocenters. The average molecular weight is 342 g/mol. The third kappa shape index (κ3) is 3.46. The number of anilines is 1. The van der Waals surface area contributed by atoms with Gasteiger partial charge >= 0.3 is 5.69 Å². The van der Waals surface area contributed by atoms with Crippen molar-refractivity contribution in [1.82, 2.24) is 10.3 Å². The normalized spacial score (nSPS) is 15.0. The first-order valence-corrected chi connectivity index (χ1v) is 6.68. The van der Waals surface area contributed by atoms with Crippen LogP contribution in [-0.4, -0.2) is 72.9 Å². The van der Waals surface area contributed by atoms with Crippen LogP contribution in [0.3, 0.4) is 0 Å². The molecule has 24 heavy (non-hydrogen) atoms. The van der Waals surface area contributed by atoms with Crippen molar-refractivity contribution < 1.29 is 34.8 Å². The molecule has 0 aliphatic rings. The number of aromatic nitrogens is 2. The van der Waals surface area contributed by atoms with Crippen LogP contribution in [0.4, 0.5) is 11.4 Å². The van der Waals surface area contributed by atoms with Gasteiger partial charge in [0.15, 0.2) is 11.3 Å². The van der Waals surface area contributed by atoms with Crippen LogP contribution in [0.1, 0.15) is 0 Å². The Morgan fingerprint density at radius 1 is 1.29 bits per heavy atom. The highest BCUT2D eigenvalue weighted by Crippen LogP contribution is 2.28. The lowest BCUT2D eigenvalue weighted by Gasteiger charge is -2.20. The smallest absolute Gasteiger partial charge is 0.300 e. The van der Waals surface area contributed by atoms with E-state index in [2.05, 4.69) is 20.3 Å². The molecular weight excluding hydrogens is 328 g/mol. The Bertz CT molecular complexity index is 748. The number of nitrogens with zero attached hydrogens (tertiary/aromatic N) is 3. The minimum absolute atomic E-state index is 0.0161. The van der Waals surface area contributed by atoms with Gasteiger partial charge in [-0.3, -0.25) is 14.9 Å². The SMILES string of the molecule is O=C(CNc1ccc([N+](=O)[O-])c2nonc12)[C@@H](O)[C@H](O)[C@H](O)CO. The van der Waals surface area contributed by atoms with Crippen LogP contribution in [0, 0.1) is 10.1 Å². The second-order valence-corrected chi connectivity index (χ2v) is 4.86. The van der Waals surface area contributed by atoms with E-state index in [9.17, 15) is 30.2 Å². The number of hydrogen-bond donors (Lipinski definition) is 5. The predicted octanol–water partition coefficient (Wildman–Crippen LogP) is -1.81. The average Bonchev–Trinajstić information content (AvgIpc) is 3.06. The first-order valence-electron chi connectivity index (χ1n) is 6.68. The van der Waals surface area contributed by atoms with Gasteiger partial charge in [0.25, 0.3) is 0 Å². The zero-order chi connectivity index (χ0) is 17.9. The van der Waals surface area contributed by atoms with E-state index >= 15 is 0 Å². The Hall–Kier alpha value is -2.67. The topological polar surface area (TPSA) is 192 Å². The molecule has 0 saturated carbocycles. The molecular formula is C12H14N4O8. The molecule has 2 aromatic rings. The highest BCUT2D eigenvalue weighted by atomic mass is 16.6.